The zero-order chi connectivity index (χ0) is 13.0. The number of rotatable bonds is 4. The van der Waals surface area contributed by atoms with E-state index in [9.17, 15) is 9.90 Å². The van der Waals surface area contributed by atoms with Gasteiger partial charge in [0.15, 0.2) is 0 Å². The lowest BCUT2D eigenvalue weighted by Crippen LogP contribution is -2.40. The Morgan fingerprint density at radius 2 is 2.12 bits per heavy atom. The monoisotopic (exact) mass is 236 g/mol. The van der Waals surface area contributed by atoms with Gasteiger partial charge in [0.25, 0.3) is 5.91 Å². The van der Waals surface area contributed by atoms with Gasteiger partial charge in [0.05, 0.1) is 0 Å². The minimum absolute atomic E-state index is 0.0450. The van der Waals surface area contributed by atoms with Crippen molar-refractivity contribution < 1.29 is 9.90 Å². The van der Waals surface area contributed by atoms with Crippen LogP contribution in [-0.4, -0.2) is 23.6 Å². The van der Waals surface area contributed by atoms with Gasteiger partial charge in [-0.05, 0) is 36.6 Å². The molecule has 0 spiro atoms. The molecule has 94 valence electrons. The van der Waals surface area contributed by atoms with Crippen LogP contribution in [0.25, 0.3) is 0 Å². The van der Waals surface area contributed by atoms with E-state index in [1.54, 1.807) is 19.1 Å². The van der Waals surface area contributed by atoms with Crippen LogP contribution in [0.15, 0.2) is 18.2 Å². The van der Waals surface area contributed by atoms with Crippen LogP contribution >= 0.6 is 0 Å². The summed E-state index contributed by atoms with van der Waals surface area (Å²) < 4.78 is 0. The van der Waals surface area contributed by atoms with Crippen LogP contribution in [-0.2, 0) is 0 Å². The number of hydrogen-bond acceptors (Lipinski definition) is 3. The van der Waals surface area contributed by atoms with Gasteiger partial charge in [0.2, 0.25) is 0 Å². The summed E-state index contributed by atoms with van der Waals surface area (Å²) in [5.41, 5.74) is 7.17. The summed E-state index contributed by atoms with van der Waals surface area (Å²) in [6.07, 6.45) is 0. The first-order valence-electron chi connectivity index (χ1n) is 5.75. The van der Waals surface area contributed by atoms with Crippen molar-refractivity contribution in [3.05, 3.63) is 29.3 Å². The maximum atomic E-state index is 11.9. The largest absolute Gasteiger partial charge is 0.508 e. The molecular formula is C13H20N2O2. The topological polar surface area (TPSA) is 75.3 Å². The Labute approximate surface area is 102 Å². The number of aryl methyl sites for hydroxylation is 1. The fraction of sp³-hybridized carbons (Fsp3) is 0.462. The first-order valence-corrected chi connectivity index (χ1v) is 5.75. The highest BCUT2D eigenvalue weighted by molar-refractivity contribution is 5.95. The predicted octanol–water partition coefficient (Wildman–Crippen LogP) is 1.41. The average Bonchev–Trinajstić information content (AvgIpc) is 2.25. The molecule has 4 nitrogen and oxygen atoms in total. The van der Waals surface area contributed by atoms with Gasteiger partial charge in [-0.15, -0.1) is 0 Å². The lowest BCUT2D eigenvalue weighted by atomic mass is 10.0. The van der Waals surface area contributed by atoms with Gasteiger partial charge in [0, 0.05) is 18.2 Å². The second kappa shape index (κ2) is 5.68. The van der Waals surface area contributed by atoms with Crippen LogP contribution in [0.4, 0.5) is 0 Å². The molecule has 0 aliphatic carbocycles. The zero-order valence-electron chi connectivity index (χ0n) is 10.5. The standard InChI is InChI=1S/C13H20N2O2/c1-8(2)12(14)7-15-13(17)11-5-4-10(16)6-9(11)3/h4-6,8,12,16H,7,14H2,1-3H3,(H,15,17). The number of carbonyl (C=O) groups is 1. The quantitative estimate of drug-likeness (QED) is 0.740. The second-order valence-corrected chi connectivity index (χ2v) is 4.62. The number of hydrogen-bond donors (Lipinski definition) is 3. The predicted molar refractivity (Wildman–Crippen MR) is 68.0 cm³/mol. The summed E-state index contributed by atoms with van der Waals surface area (Å²) in [7, 11) is 0. The van der Waals surface area contributed by atoms with Crippen molar-refractivity contribution in [3.63, 3.8) is 0 Å². The van der Waals surface area contributed by atoms with E-state index in [2.05, 4.69) is 5.32 Å². The highest BCUT2D eigenvalue weighted by Crippen LogP contribution is 2.15. The Morgan fingerprint density at radius 3 is 2.65 bits per heavy atom. The van der Waals surface area contributed by atoms with Gasteiger partial charge in [-0.3, -0.25) is 4.79 Å². The molecule has 17 heavy (non-hydrogen) atoms. The fourth-order valence-corrected chi connectivity index (χ4v) is 1.44. The molecule has 1 rings (SSSR count). The first-order chi connectivity index (χ1) is 7.91. The maximum absolute atomic E-state index is 11.9. The van der Waals surface area contributed by atoms with E-state index in [0.717, 1.165) is 5.56 Å². The van der Waals surface area contributed by atoms with E-state index < -0.39 is 0 Å². The Bertz CT molecular complexity index is 402. The summed E-state index contributed by atoms with van der Waals surface area (Å²) in [6.45, 7) is 6.28. The Morgan fingerprint density at radius 1 is 1.47 bits per heavy atom. The number of benzene rings is 1. The number of phenolic OH excluding ortho intramolecular Hbond substituents is 1. The van der Waals surface area contributed by atoms with Crippen LogP contribution in [0.1, 0.15) is 29.8 Å². The van der Waals surface area contributed by atoms with Crippen molar-refractivity contribution in [2.24, 2.45) is 11.7 Å². The van der Waals surface area contributed by atoms with Gasteiger partial charge in [-0.1, -0.05) is 13.8 Å². The number of carbonyl (C=O) groups excluding carboxylic acids is 1. The Balaban J connectivity index is 2.64. The SMILES string of the molecule is Cc1cc(O)ccc1C(=O)NCC(N)C(C)C. The number of amides is 1. The molecule has 1 atom stereocenters. The zero-order valence-corrected chi connectivity index (χ0v) is 10.5. The maximum Gasteiger partial charge on any atom is 0.251 e. The minimum Gasteiger partial charge on any atom is -0.508 e. The third-order valence-electron chi connectivity index (χ3n) is 2.81. The molecule has 0 saturated carbocycles. The molecule has 1 aromatic rings. The summed E-state index contributed by atoms with van der Waals surface area (Å²) >= 11 is 0. The van der Waals surface area contributed by atoms with Crippen molar-refractivity contribution in [2.45, 2.75) is 26.8 Å². The summed E-state index contributed by atoms with van der Waals surface area (Å²) in [4.78, 5) is 11.9. The van der Waals surface area contributed by atoms with Crippen LogP contribution in [0, 0.1) is 12.8 Å². The number of aromatic hydroxyl groups is 1. The third-order valence-corrected chi connectivity index (χ3v) is 2.81. The van der Waals surface area contributed by atoms with Crippen molar-refractivity contribution in [3.8, 4) is 5.75 Å². The van der Waals surface area contributed by atoms with E-state index in [-0.39, 0.29) is 17.7 Å². The molecule has 0 aliphatic heterocycles. The third kappa shape index (κ3) is 3.75. The molecular weight excluding hydrogens is 216 g/mol. The lowest BCUT2D eigenvalue weighted by molar-refractivity contribution is 0.0948. The van der Waals surface area contributed by atoms with Crippen LogP contribution < -0.4 is 11.1 Å². The summed E-state index contributed by atoms with van der Waals surface area (Å²) in [5.74, 6) is 0.341. The van der Waals surface area contributed by atoms with Gasteiger partial charge in [-0.25, -0.2) is 0 Å². The van der Waals surface area contributed by atoms with Crippen molar-refractivity contribution in [1.82, 2.24) is 5.32 Å². The number of nitrogens with two attached hydrogens (primary N) is 1. The van der Waals surface area contributed by atoms with E-state index in [4.69, 9.17) is 5.73 Å². The number of nitrogens with one attached hydrogen (secondary N) is 1. The highest BCUT2D eigenvalue weighted by Gasteiger charge is 2.12. The van der Waals surface area contributed by atoms with E-state index >= 15 is 0 Å². The van der Waals surface area contributed by atoms with Crippen LogP contribution in [0.5, 0.6) is 5.75 Å². The molecule has 0 aliphatic rings. The van der Waals surface area contributed by atoms with Gasteiger partial charge < -0.3 is 16.2 Å². The molecule has 1 amide bonds. The molecule has 1 aromatic carbocycles. The molecule has 0 bridgehead atoms. The normalized spacial score (nSPS) is 12.5. The van der Waals surface area contributed by atoms with Crippen molar-refractivity contribution >= 4 is 5.91 Å². The Kier molecular flexibility index (Phi) is 4.52. The van der Waals surface area contributed by atoms with Gasteiger partial charge in [0.1, 0.15) is 5.75 Å². The van der Waals surface area contributed by atoms with Crippen molar-refractivity contribution in [2.75, 3.05) is 6.54 Å². The molecule has 0 saturated heterocycles. The average molecular weight is 236 g/mol. The molecule has 4 heteroatoms. The van der Waals surface area contributed by atoms with E-state index in [0.29, 0.717) is 18.0 Å². The lowest BCUT2D eigenvalue weighted by Gasteiger charge is -2.16. The Hall–Kier alpha value is -1.55. The molecule has 0 aromatic heterocycles. The van der Waals surface area contributed by atoms with E-state index in [1.165, 1.54) is 6.07 Å². The summed E-state index contributed by atoms with van der Waals surface area (Å²) in [6, 6.07) is 4.64. The first kappa shape index (κ1) is 13.5. The van der Waals surface area contributed by atoms with Crippen LogP contribution in [0.2, 0.25) is 0 Å². The summed E-state index contributed by atoms with van der Waals surface area (Å²) in [5, 5.41) is 12.1. The van der Waals surface area contributed by atoms with E-state index in [1.807, 2.05) is 13.8 Å². The fourth-order valence-electron chi connectivity index (χ4n) is 1.44. The highest BCUT2D eigenvalue weighted by atomic mass is 16.3. The van der Waals surface area contributed by atoms with Gasteiger partial charge in [-0.2, -0.15) is 0 Å². The molecule has 0 radical (unpaired) electrons. The van der Waals surface area contributed by atoms with Crippen LogP contribution in [0.3, 0.4) is 0 Å². The smallest absolute Gasteiger partial charge is 0.251 e. The second-order valence-electron chi connectivity index (χ2n) is 4.62. The minimum atomic E-state index is -0.154. The molecule has 4 N–H and O–H groups in total. The molecule has 0 heterocycles. The van der Waals surface area contributed by atoms with Crippen molar-refractivity contribution in [1.29, 1.82) is 0 Å². The number of phenols is 1. The molecule has 1 unspecified atom stereocenters. The molecule has 0 fully saturated rings. The van der Waals surface area contributed by atoms with Gasteiger partial charge >= 0.3 is 0 Å².